The van der Waals surface area contributed by atoms with Crippen LogP contribution in [0.25, 0.3) is 0 Å². The molecule has 152 valence electrons. The minimum atomic E-state index is -0.243. The molecule has 0 spiro atoms. The lowest BCUT2D eigenvalue weighted by Crippen LogP contribution is -2.38. The molecule has 0 saturated carbocycles. The number of unbranched alkanes of at least 4 members (excludes halogenated alkanes) is 9. The molecule has 0 saturated heterocycles. The summed E-state index contributed by atoms with van der Waals surface area (Å²) in [6.45, 7) is 9.05. The lowest BCUT2D eigenvalue weighted by Gasteiger charge is -2.27. The zero-order valence-electron chi connectivity index (χ0n) is 17.5. The zero-order chi connectivity index (χ0) is 18.8. The maximum Gasteiger partial charge on any atom is 0.0667 e. The van der Waals surface area contributed by atoms with Gasteiger partial charge in [0, 0.05) is 13.1 Å². The van der Waals surface area contributed by atoms with Crippen LogP contribution < -0.4 is 0 Å². The average Bonchev–Trinajstić information content (AvgIpc) is 2.60. The highest BCUT2D eigenvalue weighted by molar-refractivity contribution is 4.69. The number of hydrogen-bond donors (Lipinski definition) is 2. The predicted octanol–water partition coefficient (Wildman–Crippen LogP) is 5.53. The Morgan fingerprint density at radius 1 is 0.560 bits per heavy atom. The lowest BCUT2D eigenvalue weighted by molar-refractivity contribution is 0.0600. The molecule has 3 nitrogen and oxygen atoms in total. The Balaban J connectivity index is 4.02. The van der Waals surface area contributed by atoms with Gasteiger partial charge in [-0.25, -0.2) is 0 Å². The van der Waals surface area contributed by atoms with Crippen molar-refractivity contribution >= 4 is 0 Å². The first-order chi connectivity index (χ1) is 12.1. The Morgan fingerprint density at radius 3 is 1.40 bits per heavy atom. The van der Waals surface area contributed by atoms with Crippen molar-refractivity contribution in [3.63, 3.8) is 0 Å². The van der Waals surface area contributed by atoms with Gasteiger partial charge in [0.05, 0.1) is 12.2 Å². The van der Waals surface area contributed by atoms with Gasteiger partial charge in [-0.15, -0.1) is 0 Å². The smallest absolute Gasteiger partial charge is 0.0667 e. The van der Waals surface area contributed by atoms with E-state index in [1.54, 1.807) is 0 Å². The summed E-state index contributed by atoms with van der Waals surface area (Å²) < 4.78 is 0. The van der Waals surface area contributed by atoms with Gasteiger partial charge in [0.1, 0.15) is 0 Å². The normalized spacial score (nSPS) is 14.2. The molecule has 2 atom stereocenters. The van der Waals surface area contributed by atoms with E-state index in [-0.39, 0.29) is 12.2 Å². The topological polar surface area (TPSA) is 43.7 Å². The highest BCUT2D eigenvalue weighted by Gasteiger charge is 2.15. The lowest BCUT2D eigenvalue weighted by atomic mass is 10.1. The fraction of sp³-hybridized carbons (Fsp3) is 1.00. The fourth-order valence-electron chi connectivity index (χ4n) is 3.38. The van der Waals surface area contributed by atoms with Crippen molar-refractivity contribution < 1.29 is 10.2 Å². The second-order valence-electron chi connectivity index (χ2n) is 7.83. The van der Waals surface area contributed by atoms with Crippen LogP contribution in [0.3, 0.4) is 0 Å². The molecule has 0 heterocycles. The highest BCUT2D eigenvalue weighted by atomic mass is 16.3. The second kappa shape index (κ2) is 18.7. The van der Waals surface area contributed by atoms with E-state index in [2.05, 4.69) is 25.7 Å². The van der Waals surface area contributed by atoms with E-state index < -0.39 is 0 Å². The zero-order valence-corrected chi connectivity index (χ0v) is 17.5. The maximum absolute atomic E-state index is 10.2. The maximum atomic E-state index is 10.2. The van der Waals surface area contributed by atoms with E-state index in [4.69, 9.17) is 0 Å². The summed E-state index contributed by atoms with van der Waals surface area (Å²) >= 11 is 0. The SMILES string of the molecule is CCCCCCCCCCN(CC(O)CCCC)CC(O)CCCC. The molecule has 0 amide bonds. The van der Waals surface area contributed by atoms with Crippen LogP contribution in [-0.2, 0) is 0 Å². The predicted molar refractivity (Wildman–Crippen MR) is 110 cm³/mol. The summed E-state index contributed by atoms with van der Waals surface area (Å²) in [5.41, 5.74) is 0. The molecular weight excluding hydrogens is 310 g/mol. The molecule has 0 radical (unpaired) electrons. The monoisotopic (exact) mass is 357 g/mol. The van der Waals surface area contributed by atoms with Gasteiger partial charge in [-0.2, -0.15) is 0 Å². The molecule has 0 rings (SSSR count). The Hall–Kier alpha value is -0.120. The molecule has 0 aromatic heterocycles. The molecule has 0 aromatic rings. The summed E-state index contributed by atoms with van der Waals surface area (Å²) in [6.07, 6.45) is 16.3. The van der Waals surface area contributed by atoms with Crippen LogP contribution in [0.15, 0.2) is 0 Å². The van der Waals surface area contributed by atoms with Crippen molar-refractivity contribution in [2.75, 3.05) is 19.6 Å². The highest BCUT2D eigenvalue weighted by Crippen LogP contribution is 2.11. The number of rotatable bonds is 19. The van der Waals surface area contributed by atoms with Gasteiger partial charge >= 0.3 is 0 Å². The molecule has 0 aliphatic rings. The van der Waals surface area contributed by atoms with Crippen molar-refractivity contribution in [2.45, 2.75) is 123 Å². The molecule has 2 unspecified atom stereocenters. The van der Waals surface area contributed by atoms with Gasteiger partial charge in [0.15, 0.2) is 0 Å². The minimum Gasteiger partial charge on any atom is -0.392 e. The first kappa shape index (κ1) is 24.9. The second-order valence-corrected chi connectivity index (χ2v) is 7.83. The van der Waals surface area contributed by atoms with Crippen molar-refractivity contribution in [1.82, 2.24) is 4.90 Å². The van der Waals surface area contributed by atoms with Crippen LogP contribution in [0, 0.1) is 0 Å². The summed E-state index contributed by atoms with van der Waals surface area (Å²) in [5.74, 6) is 0. The molecule has 0 aliphatic heterocycles. The van der Waals surface area contributed by atoms with Crippen LogP contribution in [-0.4, -0.2) is 47.0 Å². The first-order valence-corrected chi connectivity index (χ1v) is 11.2. The van der Waals surface area contributed by atoms with Crippen LogP contribution in [0.5, 0.6) is 0 Å². The third-order valence-corrected chi connectivity index (χ3v) is 5.05. The minimum absolute atomic E-state index is 0.243. The van der Waals surface area contributed by atoms with Crippen LogP contribution in [0.4, 0.5) is 0 Å². The van der Waals surface area contributed by atoms with Crippen LogP contribution >= 0.6 is 0 Å². The molecule has 0 bridgehead atoms. The Labute approximate surface area is 158 Å². The summed E-state index contributed by atoms with van der Waals surface area (Å²) in [7, 11) is 0. The molecule has 0 aliphatic carbocycles. The summed E-state index contributed by atoms with van der Waals surface area (Å²) in [5, 5.41) is 20.5. The van der Waals surface area contributed by atoms with E-state index in [1.807, 2.05) is 0 Å². The summed E-state index contributed by atoms with van der Waals surface area (Å²) in [6, 6.07) is 0. The van der Waals surface area contributed by atoms with Crippen molar-refractivity contribution in [3.05, 3.63) is 0 Å². The number of nitrogens with zero attached hydrogens (tertiary/aromatic N) is 1. The van der Waals surface area contributed by atoms with Gasteiger partial charge in [-0.1, -0.05) is 91.4 Å². The fourth-order valence-corrected chi connectivity index (χ4v) is 3.38. The molecule has 25 heavy (non-hydrogen) atoms. The Morgan fingerprint density at radius 2 is 0.960 bits per heavy atom. The van der Waals surface area contributed by atoms with Crippen LogP contribution in [0.2, 0.25) is 0 Å². The van der Waals surface area contributed by atoms with Gasteiger partial charge in [-0.05, 0) is 25.8 Å². The molecule has 0 fully saturated rings. The van der Waals surface area contributed by atoms with E-state index in [0.29, 0.717) is 0 Å². The van der Waals surface area contributed by atoms with Crippen molar-refractivity contribution in [3.8, 4) is 0 Å². The van der Waals surface area contributed by atoms with Crippen molar-refractivity contribution in [2.24, 2.45) is 0 Å². The first-order valence-electron chi connectivity index (χ1n) is 11.2. The van der Waals surface area contributed by atoms with Gasteiger partial charge in [0.2, 0.25) is 0 Å². The third-order valence-electron chi connectivity index (χ3n) is 5.05. The van der Waals surface area contributed by atoms with Crippen molar-refractivity contribution in [1.29, 1.82) is 0 Å². The quantitative estimate of drug-likeness (QED) is 0.299. The summed E-state index contributed by atoms with van der Waals surface area (Å²) in [4.78, 5) is 2.30. The number of aliphatic hydroxyl groups excluding tert-OH is 2. The molecule has 3 heteroatoms. The Bertz CT molecular complexity index is 244. The number of hydrogen-bond acceptors (Lipinski definition) is 3. The number of aliphatic hydroxyl groups is 2. The van der Waals surface area contributed by atoms with E-state index in [9.17, 15) is 10.2 Å². The standard InChI is InChI=1S/C22H47NO2/c1-4-7-10-11-12-13-14-15-18-23(19-21(24)16-8-5-2)20-22(25)17-9-6-3/h21-22,24-25H,4-20H2,1-3H3. The van der Waals surface area contributed by atoms with E-state index >= 15 is 0 Å². The van der Waals surface area contributed by atoms with E-state index in [1.165, 1.54) is 51.4 Å². The largest absolute Gasteiger partial charge is 0.392 e. The third kappa shape index (κ3) is 17.1. The molecule has 2 N–H and O–H groups in total. The van der Waals surface area contributed by atoms with Gasteiger partial charge in [0.25, 0.3) is 0 Å². The van der Waals surface area contributed by atoms with Gasteiger partial charge in [-0.3, -0.25) is 4.90 Å². The molecular formula is C22H47NO2. The van der Waals surface area contributed by atoms with Crippen LogP contribution in [0.1, 0.15) is 111 Å². The Kier molecular flexibility index (Phi) is 18.6. The molecule has 0 aromatic carbocycles. The average molecular weight is 358 g/mol. The van der Waals surface area contributed by atoms with Gasteiger partial charge < -0.3 is 10.2 Å². The van der Waals surface area contributed by atoms with E-state index in [0.717, 1.165) is 58.2 Å².